The number of hydrogen-bond donors (Lipinski definition) is 2. The zero-order valence-corrected chi connectivity index (χ0v) is 20.1. The number of nitrogens with one attached hydrogen (secondary N) is 2. The summed E-state index contributed by atoms with van der Waals surface area (Å²) in [5.41, 5.74) is 3.97. The first-order chi connectivity index (χ1) is 16.8. The van der Waals surface area contributed by atoms with Crippen LogP contribution in [-0.4, -0.2) is 54.6 Å². The topological polar surface area (TPSA) is 65.4 Å². The molecule has 1 amide bonds. The largest absolute Gasteiger partial charge is 0.372 e. The molecule has 2 aromatic heterocycles. The summed E-state index contributed by atoms with van der Waals surface area (Å²) in [6.07, 6.45) is 4.92. The van der Waals surface area contributed by atoms with Gasteiger partial charge in [0.25, 0.3) is 0 Å². The van der Waals surface area contributed by atoms with E-state index >= 15 is 0 Å². The molecule has 2 N–H and O–H groups in total. The van der Waals surface area contributed by atoms with Gasteiger partial charge >= 0.3 is 0 Å². The molecule has 8 heteroatoms. The summed E-state index contributed by atoms with van der Waals surface area (Å²) in [6, 6.07) is 16.1. The van der Waals surface area contributed by atoms with E-state index in [1.165, 1.54) is 18.2 Å². The summed E-state index contributed by atoms with van der Waals surface area (Å²) in [5, 5.41) is 7.17. The van der Waals surface area contributed by atoms with Crippen molar-refractivity contribution in [1.29, 1.82) is 0 Å². The van der Waals surface area contributed by atoms with E-state index in [1.54, 1.807) is 12.3 Å². The van der Waals surface area contributed by atoms with Crippen LogP contribution in [0.3, 0.4) is 0 Å². The summed E-state index contributed by atoms with van der Waals surface area (Å²) in [6.45, 7) is 5.23. The Kier molecular flexibility index (Phi) is 7.12. The van der Waals surface area contributed by atoms with E-state index in [0.717, 1.165) is 41.1 Å². The van der Waals surface area contributed by atoms with Crippen molar-refractivity contribution in [3.63, 3.8) is 0 Å². The second-order valence-corrected chi connectivity index (χ2v) is 8.57. The number of anilines is 4. The van der Waals surface area contributed by atoms with E-state index in [2.05, 4.69) is 32.0 Å². The second kappa shape index (κ2) is 10.4. The Morgan fingerprint density at radius 2 is 1.94 bits per heavy atom. The molecule has 0 saturated carbocycles. The lowest BCUT2D eigenvalue weighted by atomic mass is 10.2. The maximum absolute atomic E-state index is 13.8. The van der Waals surface area contributed by atoms with Crippen molar-refractivity contribution in [3.8, 4) is 5.69 Å². The van der Waals surface area contributed by atoms with Gasteiger partial charge in [0.2, 0.25) is 5.91 Å². The smallest absolute Gasteiger partial charge is 0.247 e. The molecule has 0 atom stereocenters. The van der Waals surface area contributed by atoms with Gasteiger partial charge in [-0.15, -0.1) is 0 Å². The van der Waals surface area contributed by atoms with Crippen LogP contribution in [0, 0.1) is 5.82 Å². The Hall–Kier alpha value is -4.17. The third-order valence-electron chi connectivity index (χ3n) is 5.67. The maximum atomic E-state index is 13.8. The third-order valence-corrected chi connectivity index (χ3v) is 5.67. The van der Waals surface area contributed by atoms with Crippen molar-refractivity contribution in [2.45, 2.75) is 0 Å². The van der Waals surface area contributed by atoms with E-state index in [4.69, 9.17) is 0 Å². The molecule has 7 nitrogen and oxygen atoms in total. The van der Waals surface area contributed by atoms with E-state index in [1.807, 2.05) is 68.3 Å². The number of amides is 1. The minimum absolute atomic E-state index is 0.281. The summed E-state index contributed by atoms with van der Waals surface area (Å²) < 4.78 is 15.7. The van der Waals surface area contributed by atoms with Gasteiger partial charge in [0, 0.05) is 55.4 Å². The molecule has 0 spiro atoms. The van der Waals surface area contributed by atoms with Gasteiger partial charge in [-0.1, -0.05) is 12.6 Å². The number of nitrogens with zero attached hydrogens (tertiary/aromatic N) is 4. The van der Waals surface area contributed by atoms with Crippen LogP contribution in [0.5, 0.6) is 0 Å². The highest BCUT2D eigenvalue weighted by molar-refractivity contribution is 6.01. The summed E-state index contributed by atoms with van der Waals surface area (Å²) in [4.78, 5) is 20.8. The average molecular weight is 473 g/mol. The Morgan fingerprint density at radius 3 is 2.69 bits per heavy atom. The molecule has 35 heavy (non-hydrogen) atoms. The zero-order valence-electron chi connectivity index (χ0n) is 20.1. The number of hydrogen-bond acceptors (Lipinski definition) is 5. The van der Waals surface area contributed by atoms with Crippen LogP contribution in [0.15, 0.2) is 79.6 Å². The first kappa shape index (κ1) is 24.0. The zero-order chi connectivity index (χ0) is 24.9. The first-order valence-corrected chi connectivity index (χ1v) is 11.3. The minimum atomic E-state index is -0.290. The van der Waals surface area contributed by atoms with Crippen molar-refractivity contribution in [2.24, 2.45) is 0 Å². The van der Waals surface area contributed by atoms with Crippen molar-refractivity contribution < 1.29 is 9.18 Å². The first-order valence-electron chi connectivity index (χ1n) is 11.3. The molecule has 0 radical (unpaired) electrons. The maximum Gasteiger partial charge on any atom is 0.247 e. The Balaban J connectivity index is 1.64. The monoisotopic (exact) mass is 472 g/mol. The van der Waals surface area contributed by atoms with E-state index in [0.29, 0.717) is 11.5 Å². The SMILES string of the molecule is C=CC(=O)Nc1cc(Nc2cc3c(ccn3-c3cccc(F)c3)cn2)ccc1N(C)CCN(C)C. The average Bonchev–Trinajstić information content (AvgIpc) is 3.26. The Morgan fingerprint density at radius 1 is 1.11 bits per heavy atom. The highest BCUT2D eigenvalue weighted by atomic mass is 19.1. The highest BCUT2D eigenvalue weighted by Gasteiger charge is 2.12. The fraction of sp³-hybridized carbons (Fsp3) is 0.185. The Bertz CT molecular complexity index is 1360. The summed E-state index contributed by atoms with van der Waals surface area (Å²) >= 11 is 0. The van der Waals surface area contributed by atoms with Crippen LogP contribution in [0.2, 0.25) is 0 Å². The molecule has 2 heterocycles. The molecular formula is C27H29FN6O. The van der Waals surface area contributed by atoms with Crippen LogP contribution < -0.4 is 15.5 Å². The van der Waals surface area contributed by atoms with Gasteiger partial charge in [-0.2, -0.15) is 0 Å². The van der Waals surface area contributed by atoms with Crippen LogP contribution in [0.1, 0.15) is 0 Å². The number of rotatable bonds is 9. The molecule has 0 aliphatic rings. The molecule has 0 aliphatic carbocycles. The van der Waals surface area contributed by atoms with E-state index < -0.39 is 0 Å². The summed E-state index contributed by atoms with van der Waals surface area (Å²) in [5.74, 6) is 0.0573. The summed E-state index contributed by atoms with van der Waals surface area (Å²) in [7, 11) is 6.04. The van der Waals surface area contributed by atoms with Gasteiger partial charge in [-0.25, -0.2) is 9.37 Å². The molecule has 0 aliphatic heterocycles. The van der Waals surface area contributed by atoms with E-state index in [9.17, 15) is 9.18 Å². The van der Waals surface area contributed by atoms with Crippen molar-refractivity contribution >= 4 is 39.7 Å². The molecule has 0 fully saturated rings. The lowest BCUT2D eigenvalue weighted by molar-refractivity contribution is -0.111. The molecule has 2 aromatic carbocycles. The number of aromatic nitrogens is 2. The molecular weight excluding hydrogens is 443 g/mol. The second-order valence-electron chi connectivity index (χ2n) is 8.57. The van der Waals surface area contributed by atoms with Crippen LogP contribution >= 0.6 is 0 Å². The number of halogens is 1. The fourth-order valence-corrected chi connectivity index (χ4v) is 3.80. The van der Waals surface area contributed by atoms with Gasteiger partial charge in [0.05, 0.1) is 16.9 Å². The lowest BCUT2D eigenvalue weighted by Gasteiger charge is -2.24. The Labute approximate surface area is 204 Å². The predicted octanol–water partition coefficient (Wildman–Crippen LogP) is 5.03. The molecule has 0 unspecified atom stereocenters. The molecule has 0 saturated heterocycles. The number of benzene rings is 2. The van der Waals surface area contributed by atoms with Gasteiger partial charge in [0.15, 0.2) is 0 Å². The normalized spacial score (nSPS) is 11.0. The molecule has 4 aromatic rings. The fourth-order valence-electron chi connectivity index (χ4n) is 3.80. The van der Waals surface area contributed by atoms with Crippen LogP contribution in [0.25, 0.3) is 16.6 Å². The molecule has 4 rings (SSSR count). The molecule has 0 bridgehead atoms. The third kappa shape index (κ3) is 5.67. The van der Waals surface area contributed by atoms with Crippen molar-refractivity contribution in [2.75, 3.05) is 49.8 Å². The number of fused-ring (bicyclic) bond motifs is 1. The quantitative estimate of drug-likeness (QED) is 0.335. The number of carbonyl (C=O) groups is 1. The van der Waals surface area contributed by atoms with Crippen LogP contribution in [0.4, 0.5) is 27.3 Å². The van der Waals surface area contributed by atoms with E-state index in [-0.39, 0.29) is 11.7 Å². The van der Waals surface area contributed by atoms with Crippen molar-refractivity contribution in [1.82, 2.24) is 14.5 Å². The van der Waals surface area contributed by atoms with Crippen LogP contribution in [-0.2, 0) is 4.79 Å². The van der Waals surface area contributed by atoms with Gasteiger partial charge in [-0.3, -0.25) is 4.79 Å². The molecule has 180 valence electrons. The minimum Gasteiger partial charge on any atom is -0.372 e. The number of pyridine rings is 1. The van der Waals surface area contributed by atoms with Gasteiger partial charge in [-0.05, 0) is 62.6 Å². The standard InChI is InChI=1S/C27H29FN6O/c1-5-27(35)31-23-16-21(9-10-24(23)33(4)14-13-32(2)3)30-26-17-25-19(18-29-26)11-12-34(25)22-8-6-7-20(28)15-22/h5-12,15-18H,1,13-14H2,2-4H3,(H,29,30)(H,31,35). The number of likely N-dealkylation sites (N-methyl/N-ethyl adjacent to an activating group) is 2. The number of carbonyl (C=O) groups excluding carboxylic acids is 1. The van der Waals surface area contributed by atoms with Gasteiger partial charge in [0.1, 0.15) is 11.6 Å². The lowest BCUT2D eigenvalue weighted by Crippen LogP contribution is -2.29. The van der Waals surface area contributed by atoms with Crippen molar-refractivity contribution in [3.05, 3.63) is 85.5 Å². The highest BCUT2D eigenvalue weighted by Crippen LogP contribution is 2.31. The van der Waals surface area contributed by atoms with Gasteiger partial charge < -0.3 is 25.0 Å². The predicted molar refractivity (Wildman–Crippen MR) is 141 cm³/mol.